The molecule has 1 aromatic heterocycles. The summed E-state index contributed by atoms with van der Waals surface area (Å²) in [5.74, 6) is 5.65. The number of rotatable bonds is 4. The largest absolute Gasteiger partial charge is 0.320 e. The van der Waals surface area contributed by atoms with Crippen molar-refractivity contribution >= 4 is 29.1 Å². The number of nitrogens with one attached hydrogen (secondary N) is 1. The summed E-state index contributed by atoms with van der Waals surface area (Å²) in [6.45, 7) is 3.88. The number of halogens is 2. The molecule has 3 N–H and O–H groups in total. The Morgan fingerprint density at radius 1 is 1.12 bits per heavy atom. The summed E-state index contributed by atoms with van der Waals surface area (Å²) < 4.78 is 1.71. The molecule has 3 aromatic rings. The van der Waals surface area contributed by atoms with Gasteiger partial charge >= 0.3 is 0 Å². The molecule has 0 unspecified atom stereocenters. The van der Waals surface area contributed by atoms with Crippen LogP contribution < -0.4 is 11.2 Å². The van der Waals surface area contributed by atoms with Gasteiger partial charge in [-0.25, -0.2) is 9.69 Å². The maximum absolute atomic E-state index is 13.2. The Hall–Kier alpha value is -2.82. The van der Waals surface area contributed by atoms with Crippen molar-refractivity contribution in [2.75, 3.05) is 19.6 Å². The number of benzene rings is 2. The minimum absolute atomic E-state index is 0.232. The molecule has 0 bridgehead atoms. The summed E-state index contributed by atoms with van der Waals surface area (Å²) >= 11 is 12.6. The maximum Gasteiger partial charge on any atom is 0.286 e. The summed E-state index contributed by atoms with van der Waals surface area (Å²) in [7, 11) is 0. The van der Waals surface area contributed by atoms with Crippen molar-refractivity contribution in [1.29, 1.82) is 0 Å². The molecule has 33 heavy (non-hydrogen) atoms. The first-order valence-electron chi connectivity index (χ1n) is 10.9. The molecule has 2 aromatic carbocycles. The molecule has 6 nitrogen and oxygen atoms in total. The average molecular weight is 482 g/mol. The van der Waals surface area contributed by atoms with Crippen LogP contribution in [0.2, 0.25) is 10.0 Å². The number of nitrogens with two attached hydrogens (primary N) is 1. The SMILES string of the molecule is Cc1c(C(=O)NN2CCCCC2)nn(-c2ccc(Cl)cc2Cl)c1-c1ccc(C#CCN)cc1. The minimum Gasteiger partial charge on any atom is -0.320 e. The fourth-order valence-electron chi connectivity index (χ4n) is 3.94. The highest BCUT2D eigenvalue weighted by Crippen LogP contribution is 2.33. The van der Waals surface area contributed by atoms with E-state index in [4.69, 9.17) is 34.0 Å². The van der Waals surface area contributed by atoms with Crippen molar-refractivity contribution < 1.29 is 4.79 Å². The van der Waals surface area contributed by atoms with Crippen molar-refractivity contribution in [2.45, 2.75) is 26.2 Å². The Balaban J connectivity index is 1.78. The normalized spacial score (nSPS) is 13.9. The van der Waals surface area contributed by atoms with Gasteiger partial charge in [0, 0.05) is 34.8 Å². The van der Waals surface area contributed by atoms with E-state index in [1.165, 1.54) is 6.42 Å². The molecule has 0 spiro atoms. The van der Waals surface area contributed by atoms with Crippen LogP contribution in [0.3, 0.4) is 0 Å². The van der Waals surface area contributed by atoms with Crippen molar-refractivity contribution in [3.05, 3.63) is 69.3 Å². The van der Waals surface area contributed by atoms with Crippen LogP contribution in [-0.2, 0) is 0 Å². The van der Waals surface area contributed by atoms with E-state index in [-0.39, 0.29) is 5.91 Å². The fraction of sp³-hybridized carbons (Fsp3) is 0.280. The third-order valence-electron chi connectivity index (χ3n) is 5.58. The van der Waals surface area contributed by atoms with E-state index in [2.05, 4.69) is 17.3 Å². The standard InChI is InChI=1S/C25H25Cl2N5O/c1-17-23(25(33)30-31-14-3-2-4-15-31)29-32(22-12-11-20(26)16-21(22)27)24(17)19-9-7-18(8-10-19)6-5-13-28/h7-12,16H,2-4,13-15,28H2,1H3,(H,30,33). The second-order valence-electron chi connectivity index (χ2n) is 7.90. The number of hydrazine groups is 1. The van der Waals surface area contributed by atoms with Crippen LogP contribution in [0.15, 0.2) is 42.5 Å². The van der Waals surface area contributed by atoms with Crippen LogP contribution in [0.5, 0.6) is 0 Å². The molecular weight excluding hydrogens is 457 g/mol. The Bertz CT molecular complexity index is 1220. The monoisotopic (exact) mass is 481 g/mol. The van der Waals surface area contributed by atoms with Gasteiger partial charge in [-0.1, -0.05) is 53.6 Å². The first-order chi connectivity index (χ1) is 16.0. The second kappa shape index (κ2) is 10.4. The lowest BCUT2D eigenvalue weighted by molar-refractivity contribution is 0.0743. The smallest absolute Gasteiger partial charge is 0.286 e. The highest BCUT2D eigenvalue weighted by molar-refractivity contribution is 6.35. The van der Waals surface area contributed by atoms with Crippen LogP contribution >= 0.6 is 23.2 Å². The predicted octanol–water partition coefficient (Wildman–Crippen LogP) is 4.60. The molecule has 4 rings (SSSR count). The average Bonchev–Trinajstić information content (AvgIpc) is 3.15. The number of hydrogen-bond donors (Lipinski definition) is 2. The zero-order chi connectivity index (χ0) is 23.4. The maximum atomic E-state index is 13.2. The van der Waals surface area contributed by atoms with Gasteiger partial charge in [0.1, 0.15) is 0 Å². The zero-order valence-corrected chi connectivity index (χ0v) is 19.9. The fourth-order valence-corrected chi connectivity index (χ4v) is 4.43. The summed E-state index contributed by atoms with van der Waals surface area (Å²) in [5, 5.41) is 7.62. The number of amides is 1. The van der Waals surface area contributed by atoms with E-state index in [1.54, 1.807) is 22.9 Å². The van der Waals surface area contributed by atoms with Crippen molar-refractivity contribution in [3.8, 4) is 28.8 Å². The van der Waals surface area contributed by atoms with Crippen LogP contribution in [0, 0.1) is 18.8 Å². The van der Waals surface area contributed by atoms with E-state index in [9.17, 15) is 4.79 Å². The Morgan fingerprint density at radius 2 is 1.85 bits per heavy atom. The van der Waals surface area contributed by atoms with Crippen molar-refractivity contribution in [2.24, 2.45) is 5.73 Å². The van der Waals surface area contributed by atoms with Gasteiger partial charge in [-0.15, -0.1) is 0 Å². The van der Waals surface area contributed by atoms with E-state index in [0.717, 1.165) is 48.3 Å². The number of aromatic nitrogens is 2. The molecule has 2 heterocycles. The number of carbonyl (C=O) groups excluding carboxylic acids is 1. The predicted molar refractivity (Wildman–Crippen MR) is 133 cm³/mol. The number of nitrogens with zero attached hydrogens (tertiary/aromatic N) is 3. The molecular formula is C25H25Cl2N5O. The highest BCUT2D eigenvalue weighted by atomic mass is 35.5. The van der Waals surface area contributed by atoms with Gasteiger partial charge in [0.25, 0.3) is 5.91 Å². The van der Waals surface area contributed by atoms with Gasteiger partial charge in [0.2, 0.25) is 0 Å². The topological polar surface area (TPSA) is 76.2 Å². The first kappa shape index (κ1) is 23.3. The van der Waals surface area contributed by atoms with Gasteiger partial charge in [-0.3, -0.25) is 10.2 Å². The molecule has 170 valence electrons. The molecule has 8 heteroatoms. The van der Waals surface area contributed by atoms with E-state index >= 15 is 0 Å². The minimum atomic E-state index is -0.232. The summed E-state index contributed by atoms with van der Waals surface area (Å²) in [4.78, 5) is 13.2. The molecule has 1 amide bonds. The van der Waals surface area contributed by atoms with E-state index < -0.39 is 0 Å². The molecule has 1 fully saturated rings. The summed E-state index contributed by atoms with van der Waals surface area (Å²) in [6.07, 6.45) is 3.32. The lowest BCUT2D eigenvalue weighted by atomic mass is 10.0. The first-order valence-corrected chi connectivity index (χ1v) is 11.6. The van der Waals surface area contributed by atoms with Crippen LogP contribution in [0.4, 0.5) is 0 Å². The van der Waals surface area contributed by atoms with Crippen LogP contribution in [0.1, 0.15) is 40.9 Å². The molecule has 0 radical (unpaired) electrons. The lowest BCUT2D eigenvalue weighted by Gasteiger charge is -2.26. The lowest BCUT2D eigenvalue weighted by Crippen LogP contribution is -2.45. The molecule has 0 aliphatic carbocycles. The highest BCUT2D eigenvalue weighted by Gasteiger charge is 2.24. The van der Waals surface area contributed by atoms with Gasteiger partial charge in [0.05, 0.1) is 22.9 Å². The Kier molecular flexibility index (Phi) is 7.36. The molecule has 0 saturated carbocycles. The quantitative estimate of drug-likeness (QED) is 0.534. The van der Waals surface area contributed by atoms with Gasteiger partial charge in [0.15, 0.2) is 5.69 Å². The molecule has 1 saturated heterocycles. The molecule has 1 aliphatic heterocycles. The molecule has 1 aliphatic rings. The third-order valence-corrected chi connectivity index (χ3v) is 6.12. The zero-order valence-electron chi connectivity index (χ0n) is 18.4. The second-order valence-corrected chi connectivity index (χ2v) is 8.75. The third kappa shape index (κ3) is 5.23. The number of piperidine rings is 1. The summed E-state index contributed by atoms with van der Waals surface area (Å²) in [6, 6.07) is 13.0. The van der Waals surface area contributed by atoms with E-state index in [0.29, 0.717) is 28.0 Å². The van der Waals surface area contributed by atoms with Crippen molar-refractivity contribution in [3.63, 3.8) is 0 Å². The van der Waals surface area contributed by atoms with Crippen LogP contribution in [0.25, 0.3) is 16.9 Å². The summed E-state index contributed by atoms with van der Waals surface area (Å²) in [5.41, 5.74) is 12.8. The van der Waals surface area contributed by atoms with E-state index in [1.807, 2.05) is 36.2 Å². The molecule has 0 atom stereocenters. The van der Waals surface area contributed by atoms with Gasteiger partial charge in [-0.2, -0.15) is 5.10 Å². The van der Waals surface area contributed by atoms with Crippen LogP contribution in [-0.4, -0.2) is 40.3 Å². The Labute approximate surface area is 203 Å². The number of carbonyl (C=O) groups is 1. The van der Waals surface area contributed by atoms with Gasteiger partial charge in [-0.05, 0) is 50.1 Å². The van der Waals surface area contributed by atoms with Crippen molar-refractivity contribution in [1.82, 2.24) is 20.2 Å². The van der Waals surface area contributed by atoms with Gasteiger partial charge < -0.3 is 5.73 Å². The Morgan fingerprint density at radius 3 is 2.52 bits per heavy atom. The number of hydrogen-bond acceptors (Lipinski definition) is 4.